The Morgan fingerprint density at radius 1 is 1.26 bits per heavy atom. The lowest BCUT2D eigenvalue weighted by atomic mass is 9.78. The van der Waals surface area contributed by atoms with Gasteiger partial charge < -0.3 is 14.2 Å². The summed E-state index contributed by atoms with van der Waals surface area (Å²) in [5.74, 6) is 0. The minimum absolute atomic E-state index is 0.0629. The number of hydrogen-bond acceptors (Lipinski definition) is 4. The Balaban J connectivity index is 1.67. The molecule has 0 radical (unpaired) electrons. The number of rotatable bonds is 5. The molecule has 1 aromatic rings. The van der Waals surface area contributed by atoms with Crippen molar-refractivity contribution in [3.8, 4) is 0 Å². The Morgan fingerprint density at radius 2 is 2.17 bits per heavy atom. The highest BCUT2D eigenvalue weighted by Gasteiger charge is 2.35. The van der Waals surface area contributed by atoms with E-state index in [0.717, 1.165) is 38.0 Å². The van der Waals surface area contributed by atoms with E-state index >= 15 is 0 Å². The zero-order valence-corrected chi connectivity index (χ0v) is 14.7. The van der Waals surface area contributed by atoms with E-state index in [9.17, 15) is 0 Å². The van der Waals surface area contributed by atoms with Gasteiger partial charge in [0.1, 0.15) is 0 Å². The van der Waals surface area contributed by atoms with Crippen LogP contribution in [0.15, 0.2) is 18.2 Å². The maximum Gasteiger partial charge on any atom is 0.157 e. The Hall–Kier alpha value is -0.360. The summed E-state index contributed by atoms with van der Waals surface area (Å²) in [4.78, 5) is 0. The van der Waals surface area contributed by atoms with Crippen LogP contribution in [0.5, 0.6) is 0 Å². The molecule has 0 amide bonds. The van der Waals surface area contributed by atoms with Gasteiger partial charge in [-0.2, -0.15) is 0 Å². The summed E-state index contributed by atoms with van der Waals surface area (Å²) in [6, 6.07) is 5.82. The van der Waals surface area contributed by atoms with Crippen molar-refractivity contribution in [2.45, 2.75) is 37.4 Å². The second-order valence-electron chi connectivity index (χ2n) is 6.25. The predicted octanol–water partition coefficient (Wildman–Crippen LogP) is 3.74. The Bertz CT molecular complexity index is 515. The van der Waals surface area contributed by atoms with Crippen molar-refractivity contribution in [1.82, 2.24) is 5.32 Å². The van der Waals surface area contributed by atoms with E-state index in [1.165, 1.54) is 6.42 Å². The van der Waals surface area contributed by atoms with E-state index in [-0.39, 0.29) is 11.7 Å². The van der Waals surface area contributed by atoms with Crippen LogP contribution in [0.2, 0.25) is 10.0 Å². The van der Waals surface area contributed by atoms with Crippen molar-refractivity contribution < 1.29 is 14.2 Å². The summed E-state index contributed by atoms with van der Waals surface area (Å²) in [6.07, 6.45) is 4.07. The molecule has 128 valence electrons. The van der Waals surface area contributed by atoms with Crippen LogP contribution >= 0.6 is 23.2 Å². The van der Waals surface area contributed by atoms with E-state index < -0.39 is 0 Å². The number of benzene rings is 1. The SMILES string of the molecule is Clc1ccc(C2(CCOC3CCCCO3)CNCOC2)cc1Cl. The molecule has 0 spiro atoms. The van der Waals surface area contributed by atoms with Gasteiger partial charge in [0.15, 0.2) is 6.29 Å². The fraction of sp³-hybridized carbons (Fsp3) is 0.647. The molecule has 6 heteroatoms. The third kappa shape index (κ3) is 4.38. The molecule has 2 unspecified atom stereocenters. The highest BCUT2D eigenvalue weighted by Crippen LogP contribution is 2.34. The maximum absolute atomic E-state index is 6.21. The molecule has 0 bridgehead atoms. The minimum atomic E-state index is -0.152. The van der Waals surface area contributed by atoms with Gasteiger partial charge in [0, 0.05) is 18.6 Å². The molecule has 2 fully saturated rings. The van der Waals surface area contributed by atoms with E-state index in [1.807, 2.05) is 18.2 Å². The molecular formula is C17H23Cl2NO3. The second kappa shape index (κ2) is 8.15. The van der Waals surface area contributed by atoms with Crippen LogP contribution in [0, 0.1) is 0 Å². The highest BCUT2D eigenvalue weighted by atomic mass is 35.5. The number of halogens is 2. The Labute approximate surface area is 147 Å². The lowest BCUT2D eigenvalue weighted by Crippen LogP contribution is -2.49. The van der Waals surface area contributed by atoms with Crippen LogP contribution in [0.1, 0.15) is 31.2 Å². The van der Waals surface area contributed by atoms with Crippen molar-refractivity contribution in [3.05, 3.63) is 33.8 Å². The molecule has 0 aliphatic carbocycles. The number of ether oxygens (including phenoxy) is 3. The third-order valence-corrected chi connectivity index (χ3v) is 5.34. The summed E-state index contributed by atoms with van der Waals surface area (Å²) in [5, 5.41) is 4.46. The molecule has 1 aromatic carbocycles. The van der Waals surface area contributed by atoms with Gasteiger partial charge in [-0.1, -0.05) is 29.3 Å². The smallest absolute Gasteiger partial charge is 0.157 e. The van der Waals surface area contributed by atoms with Crippen molar-refractivity contribution in [3.63, 3.8) is 0 Å². The fourth-order valence-electron chi connectivity index (χ4n) is 3.20. The topological polar surface area (TPSA) is 39.7 Å². The normalized spacial score (nSPS) is 28.7. The summed E-state index contributed by atoms with van der Waals surface area (Å²) < 4.78 is 17.2. The molecule has 0 saturated carbocycles. The van der Waals surface area contributed by atoms with Gasteiger partial charge in [-0.05, 0) is 43.4 Å². The van der Waals surface area contributed by atoms with Gasteiger partial charge in [0.05, 0.1) is 30.0 Å². The molecule has 2 heterocycles. The molecule has 0 aromatic heterocycles. The molecule has 3 rings (SSSR count). The molecule has 1 N–H and O–H groups in total. The largest absolute Gasteiger partial charge is 0.365 e. The lowest BCUT2D eigenvalue weighted by molar-refractivity contribution is -0.166. The van der Waals surface area contributed by atoms with Crippen molar-refractivity contribution in [1.29, 1.82) is 0 Å². The summed E-state index contributed by atoms with van der Waals surface area (Å²) in [6.45, 7) is 3.49. The maximum atomic E-state index is 6.21. The summed E-state index contributed by atoms with van der Waals surface area (Å²) in [5.41, 5.74) is 0.980. The molecule has 4 nitrogen and oxygen atoms in total. The third-order valence-electron chi connectivity index (χ3n) is 4.60. The summed E-state index contributed by atoms with van der Waals surface area (Å²) in [7, 11) is 0. The quantitative estimate of drug-likeness (QED) is 0.868. The van der Waals surface area contributed by atoms with Crippen LogP contribution in [0.4, 0.5) is 0 Å². The average molecular weight is 360 g/mol. The molecule has 2 atom stereocenters. The van der Waals surface area contributed by atoms with Crippen LogP contribution in [-0.2, 0) is 19.6 Å². The summed E-state index contributed by atoms with van der Waals surface area (Å²) >= 11 is 12.3. The predicted molar refractivity (Wildman–Crippen MR) is 91.1 cm³/mol. The first-order valence-electron chi connectivity index (χ1n) is 8.17. The Kier molecular flexibility index (Phi) is 6.19. The van der Waals surface area contributed by atoms with Gasteiger partial charge in [0.25, 0.3) is 0 Å². The Morgan fingerprint density at radius 3 is 2.87 bits per heavy atom. The first-order valence-corrected chi connectivity index (χ1v) is 8.92. The lowest BCUT2D eigenvalue weighted by Gasteiger charge is -2.38. The van der Waals surface area contributed by atoms with Crippen molar-refractivity contribution in [2.75, 3.05) is 33.1 Å². The fourth-order valence-corrected chi connectivity index (χ4v) is 3.50. The van der Waals surface area contributed by atoms with Gasteiger partial charge in [-0.3, -0.25) is 5.32 Å². The number of nitrogens with one attached hydrogen (secondary N) is 1. The molecular weight excluding hydrogens is 337 g/mol. The van der Waals surface area contributed by atoms with Crippen LogP contribution in [0.25, 0.3) is 0 Å². The standard InChI is InChI=1S/C17H23Cl2NO3/c18-14-5-4-13(9-15(14)19)17(10-20-12-21-11-17)6-8-23-16-3-1-2-7-22-16/h4-5,9,16,20H,1-3,6-8,10-12H2. The number of hydrogen-bond donors (Lipinski definition) is 1. The second-order valence-corrected chi connectivity index (χ2v) is 7.06. The molecule has 2 saturated heterocycles. The van der Waals surface area contributed by atoms with Gasteiger partial charge in [-0.15, -0.1) is 0 Å². The first kappa shape index (κ1) is 17.5. The van der Waals surface area contributed by atoms with E-state index in [0.29, 0.717) is 30.0 Å². The highest BCUT2D eigenvalue weighted by molar-refractivity contribution is 6.42. The average Bonchev–Trinajstić information content (AvgIpc) is 2.59. The zero-order valence-electron chi connectivity index (χ0n) is 13.2. The van der Waals surface area contributed by atoms with E-state index in [2.05, 4.69) is 5.32 Å². The van der Waals surface area contributed by atoms with Crippen LogP contribution in [-0.4, -0.2) is 39.4 Å². The van der Waals surface area contributed by atoms with Crippen LogP contribution < -0.4 is 5.32 Å². The van der Waals surface area contributed by atoms with E-state index in [1.54, 1.807) is 0 Å². The first-order chi connectivity index (χ1) is 11.2. The van der Waals surface area contributed by atoms with Crippen LogP contribution in [0.3, 0.4) is 0 Å². The van der Waals surface area contributed by atoms with Crippen molar-refractivity contribution in [2.24, 2.45) is 0 Å². The van der Waals surface area contributed by atoms with E-state index in [4.69, 9.17) is 37.4 Å². The minimum Gasteiger partial charge on any atom is -0.365 e. The van der Waals surface area contributed by atoms with Gasteiger partial charge >= 0.3 is 0 Å². The molecule has 23 heavy (non-hydrogen) atoms. The van der Waals surface area contributed by atoms with Gasteiger partial charge in [-0.25, -0.2) is 0 Å². The monoisotopic (exact) mass is 359 g/mol. The zero-order chi connectivity index (χ0) is 16.1. The molecule has 2 aliphatic rings. The van der Waals surface area contributed by atoms with Crippen molar-refractivity contribution >= 4 is 23.2 Å². The molecule has 2 aliphatic heterocycles. The van der Waals surface area contributed by atoms with Gasteiger partial charge in [0.2, 0.25) is 0 Å².